The van der Waals surface area contributed by atoms with Gasteiger partial charge in [0, 0.05) is 32.5 Å². The van der Waals surface area contributed by atoms with E-state index in [-0.39, 0.29) is 11.9 Å². The van der Waals surface area contributed by atoms with E-state index < -0.39 is 0 Å². The standard InChI is InChI=1S/C22H41NO3/c1-5-11-21(2,3)18-8-12-22(13-9-18)25-17-20(26-22)10-14-23(4)16-19-7-6-15-24-19/h18-20H,5-17H2,1-4H3. The van der Waals surface area contributed by atoms with Gasteiger partial charge in [-0.1, -0.05) is 27.2 Å². The molecule has 0 amide bonds. The molecule has 3 rings (SSSR count). The molecule has 2 atom stereocenters. The van der Waals surface area contributed by atoms with Crippen LogP contribution in [0.2, 0.25) is 0 Å². The van der Waals surface area contributed by atoms with Gasteiger partial charge in [-0.3, -0.25) is 0 Å². The van der Waals surface area contributed by atoms with Crippen LogP contribution in [-0.4, -0.2) is 56.2 Å². The summed E-state index contributed by atoms with van der Waals surface area (Å²) in [4.78, 5) is 2.40. The molecule has 152 valence electrons. The van der Waals surface area contributed by atoms with Crippen molar-refractivity contribution in [3.8, 4) is 0 Å². The van der Waals surface area contributed by atoms with E-state index in [1.54, 1.807) is 0 Å². The largest absolute Gasteiger partial charge is 0.377 e. The molecule has 3 fully saturated rings. The van der Waals surface area contributed by atoms with Gasteiger partial charge in [0.1, 0.15) is 0 Å². The molecule has 0 N–H and O–H groups in total. The Morgan fingerprint density at radius 2 is 1.88 bits per heavy atom. The smallest absolute Gasteiger partial charge is 0.168 e. The number of ether oxygens (including phenoxy) is 3. The zero-order valence-corrected chi connectivity index (χ0v) is 17.6. The van der Waals surface area contributed by atoms with Crippen LogP contribution in [0.3, 0.4) is 0 Å². The number of hydrogen-bond acceptors (Lipinski definition) is 4. The van der Waals surface area contributed by atoms with Crippen LogP contribution in [0.1, 0.15) is 78.6 Å². The van der Waals surface area contributed by atoms with Gasteiger partial charge in [-0.05, 0) is 56.9 Å². The number of likely N-dealkylation sites (N-methyl/N-ethyl adjacent to an activating group) is 1. The van der Waals surface area contributed by atoms with Gasteiger partial charge in [-0.15, -0.1) is 0 Å². The number of hydrogen-bond donors (Lipinski definition) is 0. The molecule has 0 radical (unpaired) electrons. The molecule has 1 saturated carbocycles. The molecule has 3 aliphatic rings. The van der Waals surface area contributed by atoms with Crippen molar-refractivity contribution in [1.82, 2.24) is 4.90 Å². The maximum Gasteiger partial charge on any atom is 0.168 e. The first-order chi connectivity index (χ1) is 12.4. The maximum atomic E-state index is 6.45. The quantitative estimate of drug-likeness (QED) is 0.626. The second-order valence-corrected chi connectivity index (χ2v) is 9.66. The predicted molar refractivity (Wildman–Crippen MR) is 105 cm³/mol. The fourth-order valence-corrected chi connectivity index (χ4v) is 5.30. The summed E-state index contributed by atoms with van der Waals surface area (Å²) in [5, 5.41) is 0. The third-order valence-electron chi connectivity index (χ3n) is 7.03. The molecule has 26 heavy (non-hydrogen) atoms. The van der Waals surface area contributed by atoms with E-state index in [4.69, 9.17) is 14.2 Å². The lowest BCUT2D eigenvalue weighted by Gasteiger charge is -2.42. The van der Waals surface area contributed by atoms with Crippen molar-refractivity contribution >= 4 is 0 Å². The van der Waals surface area contributed by atoms with Crippen LogP contribution in [-0.2, 0) is 14.2 Å². The first kappa shape index (κ1) is 20.6. The van der Waals surface area contributed by atoms with Gasteiger partial charge in [0.25, 0.3) is 0 Å². The summed E-state index contributed by atoms with van der Waals surface area (Å²) in [5.41, 5.74) is 0.458. The molecule has 2 heterocycles. The Labute approximate surface area is 160 Å². The fourth-order valence-electron chi connectivity index (χ4n) is 5.30. The molecule has 0 aromatic heterocycles. The van der Waals surface area contributed by atoms with E-state index in [1.807, 2.05) is 0 Å². The molecule has 2 saturated heterocycles. The van der Waals surface area contributed by atoms with Crippen molar-refractivity contribution < 1.29 is 14.2 Å². The van der Waals surface area contributed by atoms with Gasteiger partial charge < -0.3 is 19.1 Å². The lowest BCUT2D eigenvalue weighted by atomic mass is 9.68. The third kappa shape index (κ3) is 5.21. The van der Waals surface area contributed by atoms with Gasteiger partial charge in [-0.25, -0.2) is 0 Å². The average Bonchev–Trinajstić information content (AvgIpc) is 3.24. The van der Waals surface area contributed by atoms with Gasteiger partial charge >= 0.3 is 0 Å². The summed E-state index contributed by atoms with van der Waals surface area (Å²) < 4.78 is 18.4. The lowest BCUT2D eigenvalue weighted by molar-refractivity contribution is -0.197. The number of rotatable bonds is 8. The Kier molecular flexibility index (Phi) is 7.04. The first-order valence-electron chi connectivity index (χ1n) is 11.0. The third-order valence-corrected chi connectivity index (χ3v) is 7.03. The molecule has 4 nitrogen and oxygen atoms in total. The monoisotopic (exact) mass is 367 g/mol. The average molecular weight is 368 g/mol. The van der Waals surface area contributed by atoms with E-state index in [0.29, 0.717) is 11.5 Å². The summed E-state index contributed by atoms with van der Waals surface area (Å²) in [6.07, 6.45) is 11.5. The van der Waals surface area contributed by atoms with Crippen LogP contribution in [0.5, 0.6) is 0 Å². The molecule has 0 aromatic carbocycles. The predicted octanol–water partition coefficient (Wildman–Crippen LogP) is 4.62. The summed E-state index contributed by atoms with van der Waals surface area (Å²) in [7, 11) is 2.20. The molecular formula is C22H41NO3. The summed E-state index contributed by atoms with van der Waals surface area (Å²) in [6.45, 7) is 11.0. The zero-order valence-electron chi connectivity index (χ0n) is 17.6. The summed E-state index contributed by atoms with van der Waals surface area (Å²) in [6, 6.07) is 0. The molecule has 2 unspecified atom stereocenters. The molecule has 0 aromatic rings. The van der Waals surface area contributed by atoms with Crippen LogP contribution in [0.15, 0.2) is 0 Å². The highest BCUT2D eigenvalue weighted by Crippen LogP contribution is 2.47. The SMILES string of the molecule is CCCC(C)(C)C1CCC2(CC1)OCC(CCN(C)CC1CCCO1)O2. The van der Waals surface area contributed by atoms with Crippen molar-refractivity contribution in [3.63, 3.8) is 0 Å². The van der Waals surface area contributed by atoms with Crippen molar-refractivity contribution in [3.05, 3.63) is 0 Å². The second-order valence-electron chi connectivity index (χ2n) is 9.66. The zero-order chi connectivity index (χ0) is 18.6. The van der Waals surface area contributed by atoms with E-state index >= 15 is 0 Å². The Morgan fingerprint density at radius 3 is 2.54 bits per heavy atom. The molecule has 1 aliphatic carbocycles. The number of nitrogens with zero attached hydrogens (tertiary/aromatic N) is 1. The van der Waals surface area contributed by atoms with Gasteiger partial charge in [0.05, 0.1) is 18.8 Å². The Balaban J connectivity index is 1.38. The van der Waals surface area contributed by atoms with E-state index in [0.717, 1.165) is 51.5 Å². The first-order valence-corrected chi connectivity index (χ1v) is 11.0. The van der Waals surface area contributed by atoms with Crippen LogP contribution in [0.25, 0.3) is 0 Å². The molecule has 1 spiro atoms. The van der Waals surface area contributed by atoms with Crippen LogP contribution in [0, 0.1) is 11.3 Å². The lowest BCUT2D eigenvalue weighted by Crippen LogP contribution is -2.39. The normalized spacial score (nSPS) is 35.7. The van der Waals surface area contributed by atoms with Gasteiger partial charge in [0.2, 0.25) is 0 Å². The van der Waals surface area contributed by atoms with Gasteiger partial charge in [-0.2, -0.15) is 0 Å². The van der Waals surface area contributed by atoms with Crippen LogP contribution >= 0.6 is 0 Å². The topological polar surface area (TPSA) is 30.9 Å². The van der Waals surface area contributed by atoms with E-state index in [2.05, 4.69) is 32.7 Å². The van der Waals surface area contributed by atoms with Gasteiger partial charge in [0.15, 0.2) is 5.79 Å². The minimum atomic E-state index is -0.267. The summed E-state index contributed by atoms with van der Waals surface area (Å²) >= 11 is 0. The van der Waals surface area contributed by atoms with Crippen molar-refractivity contribution in [2.75, 3.05) is 33.4 Å². The van der Waals surface area contributed by atoms with E-state index in [1.165, 1.54) is 38.5 Å². The minimum Gasteiger partial charge on any atom is -0.377 e. The molecule has 4 heteroatoms. The summed E-state index contributed by atoms with van der Waals surface area (Å²) in [5.74, 6) is 0.549. The minimum absolute atomic E-state index is 0.266. The highest BCUT2D eigenvalue weighted by Gasteiger charge is 2.46. The van der Waals surface area contributed by atoms with Crippen LogP contribution < -0.4 is 0 Å². The van der Waals surface area contributed by atoms with Crippen LogP contribution in [0.4, 0.5) is 0 Å². The highest BCUT2D eigenvalue weighted by atomic mass is 16.7. The fraction of sp³-hybridized carbons (Fsp3) is 1.00. The Morgan fingerprint density at radius 1 is 1.12 bits per heavy atom. The highest BCUT2D eigenvalue weighted by molar-refractivity contribution is 4.90. The molecular weight excluding hydrogens is 326 g/mol. The molecule has 0 bridgehead atoms. The van der Waals surface area contributed by atoms with Crippen molar-refractivity contribution in [2.24, 2.45) is 11.3 Å². The van der Waals surface area contributed by atoms with E-state index in [9.17, 15) is 0 Å². The second kappa shape index (κ2) is 8.89. The van der Waals surface area contributed by atoms with Crippen molar-refractivity contribution in [2.45, 2.75) is 96.6 Å². The Bertz CT molecular complexity index is 425. The Hall–Kier alpha value is -0.160. The van der Waals surface area contributed by atoms with Crippen molar-refractivity contribution in [1.29, 1.82) is 0 Å². The maximum absolute atomic E-state index is 6.45. The molecule has 2 aliphatic heterocycles.